The van der Waals surface area contributed by atoms with Crippen molar-refractivity contribution in [2.24, 2.45) is 5.92 Å². The smallest absolute Gasteiger partial charge is 0.322 e. The van der Waals surface area contributed by atoms with Crippen molar-refractivity contribution in [3.8, 4) is 5.75 Å². The van der Waals surface area contributed by atoms with Crippen molar-refractivity contribution in [3.05, 3.63) is 60.2 Å². The lowest BCUT2D eigenvalue weighted by molar-refractivity contribution is -0.198. The van der Waals surface area contributed by atoms with E-state index < -0.39 is 5.54 Å². The molecule has 3 fully saturated rings. The van der Waals surface area contributed by atoms with Gasteiger partial charge in [0.2, 0.25) is 5.91 Å². The molecule has 7 heteroatoms. The molecule has 0 bridgehead atoms. The van der Waals surface area contributed by atoms with Gasteiger partial charge in [-0.2, -0.15) is 0 Å². The number of carbonyl (C=O) groups is 2. The number of hydrogen-bond donors (Lipinski definition) is 2. The van der Waals surface area contributed by atoms with Crippen LogP contribution in [-0.2, 0) is 4.79 Å². The lowest BCUT2D eigenvalue weighted by atomic mass is 9.60. The van der Waals surface area contributed by atoms with Gasteiger partial charge in [0.1, 0.15) is 5.75 Å². The molecular formula is C25H29N3O4. The Labute approximate surface area is 188 Å². The topological polar surface area (TPSA) is 82.1 Å². The highest BCUT2D eigenvalue weighted by Crippen LogP contribution is 2.55. The van der Waals surface area contributed by atoms with Gasteiger partial charge in [-0.05, 0) is 30.5 Å². The average Bonchev–Trinajstić information content (AvgIpc) is 2.72. The van der Waals surface area contributed by atoms with Crippen LogP contribution in [0.1, 0.15) is 30.7 Å². The minimum absolute atomic E-state index is 0.0126. The summed E-state index contributed by atoms with van der Waals surface area (Å²) < 4.78 is 5.23. The van der Waals surface area contributed by atoms with Crippen LogP contribution in [0.5, 0.6) is 5.75 Å². The molecule has 2 N–H and O–H groups in total. The summed E-state index contributed by atoms with van der Waals surface area (Å²) in [7, 11) is 1.59. The molecule has 2 atom stereocenters. The highest BCUT2D eigenvalue weighted by Gasteiger charge is 2.68. The van der Waals surface area contributed by atoms with Crippen molar-refractivity contribution >= 4 is 17.6 Å². The molecule has 168 valence electrons. The largest absolute Gasteiger partial charge is 0.497 e. The van der Waals surface area contributed by atoms with Gasteiger partial charge in [-0.25, -0.2) is 4.79 Å². The maximum atomic E-state index is 13.3. The number of nitrogens with one attached hydrogen (secondary N) is 1. The fourth-order valence-corrected chi connectivity index (χ4v) is 5.53. The molecule has 2 heterocycles. The van der Waals surface area contributed by atoms with Gasteiger partial charge in [-0.15, -0.1) is 0 Å². The summed E-state index contributed by atoms with van der Waals surface area (Å²) in [6.07, 6.45) is 2.91. The van der Waals surface area contributed by atoms with Crippen LogP contribution >= 0.6 is 0 Å². The molecule has 0 aromatic heterocycles. The van der Waals surface area contributed by atoms with Crippen LogP contribution in [0.25, 0.3) is 0 Å². The number of aliphatic hydroxyl groups is 1. The number of benzene rings is 2. The van der Waals surface area contributed by atoms with E-state index in [1.807, 2.05) is 41.3 Å². The third-order valence-corrected chi connectivity index (χ3v) is 7.35. The second-order valence-corrected chi connectivity index (χ2v) is 9.10. The number of ether oxygens (including phenoxy) is 1. The van der Waals surface area contributed by atoms with Gasteiger partial charge < -0.3 is 25.0 Å². The van der Waals surface area contributed by atoms with E-state index in [-0.39, 0.29) is 36.4 Å². The first-order valence-corrected chi connectivity index (χ1v) is 11.3. The average molecular weight is 436 g/mol. The van der Waals surface area contributed by atoms with Crippen molar-refractivity contribution in [2.45, 2.75) is 36.8 Å². The lowest BCUT2D eigenvalue weighted by Gasteiger charge is -2.71. The molecule has 2 aliphatic heterocycles. The lowest BCUT2D eigenvalue weighted by Crippen LogP contribution is -2.86. The summed E-state index contributed by atoms with van der Waals surface area (Å²) in [4.78, 5) is 29.8. The van der Waals surface area contributed by atoms with E-state index >= 15 is 0 Å². The summed E-state index contributed by atoms with van der Waals surface area (Å²) in [5, 5.41) is 13.1. The third kappa shape index (κ3) is 3.23. The van der Waals surface area contributed by atoms with Gasteiger partial charge in [-0.1, -0.05) is 42.8 Å². The molecule has 0 radical (unpaired) electrons. The monoisotopic (exact) mass is 435 g/mol. The Morgan fingerprint density at radius 2 is 1.88 bits per heavy atom. The molecule has 2 aromatic rings. The number of likely N-dealkylation sites (tertiary alicyclic amines) is 2. The molecule has 32 heavy (non-hydrogen) atoms. The first kappa shape index (κ1) is 20.8. The van der Waals surface area contributed by atoms with Crippen LogP contribution in [-0.4, -0.2) is 65.2 Å². The molecule has 2 aromatic carbocycles. The summed E-state index contributed by atoms with van der Waals surface area (Å²) in [5.41, 5.74) is 1.32. The number of amides is 3. The molecule has 2 saturated heterocycles. The van der Waals surface area contributed by atoms with E-state index in [1.165, 1.54) is 0 Å². The molecule has 5 rings (SSSR count). The normalized spacial score (nSPS) is 23.7. The zero-order valence-corrected chi connectivity index (χ0v) is 18.2. The van der Waals surface area contributed by atoms with Crippen LogP contribution in [0.15, 0.2) is 54.6 Å². The van der Waals surface area contributed by atoms with E-state index in [4.69, 9.17) is 4.74 Å². The van der Waals surface area contributed by atoms with Gasteiger partial charge in [-0.3, -0.25) is 4.79 Å². The number of anilines is 1. The summed E-state index contributed by atoms with van der Waals surface area (Å²) in [5.74, 6) is 0.875. The van der Waals surface area contributed by atoms with Crippen LogP contribution in [0.2, 0.25) is 0 Å². The van der Waals surface area contributed by atoms with Crippen molar-refractivity contribution in [2.75, 3.05) is 32.1 Å². The molecule has 1 spiro atoms. The molecule has 3 aliphatic rings. The Bertz CT molecular complexity index is 1000. The van der Waals surface area contributed by atoms with Gasteiger partial charge in [0.15, 0.2) is 0 Å². The number of rotatable bonds is 5. The van der Waals surface area contributed by atoms with Gasteiger partial charge in [0.25, 0.3) is 0 Å². The van der Waals surface area contributed by atoms with Gasteiger partial charge in [0.05, 0.1) is 25.3 Å². The minimum Gasteiger partial charge on any atom is -0.497 e. The molecule has 7 nitrogen and oxygen atoms in total. The predicted molar refractivity (Wildman–Crippen MR) is 121 cm³/mol. The number of urea groups is 1. The highest BCUT2D eigenvalue weighted by atomic mass is 16.5. The predicted octanol–water partition coefficient (Wildman–Crippen LogP) is 3.07. The van der Waals surface area contributed by atoms with Crippen LogP contribution in [0.4, 0.5) is 10.5 Å². The second-order valence-electron chi connectivity index (χ2n) is 9.10. The third-order valence-electron chi connectivity index (χ3n) is 7.35. The SMILES string of the molecule is COc1cccc(NC(=O)N2CC3(C2)[C@@H](c2ccccc2)[C@@H](CO)N3C(=O)C2CCC2)c1. The standard InChI is InChI=1S/C25H29N3O4/c1-32-20-12-6-11-19(13-20)26-24(31)27-15-25(16-27)22(17-7-3-2-4-8-17)21(14-29)28(25)23(30)18-9-5-10-18/h2-4,6-8,11-13,18,21-22,29H,5,9-10,14-16H2,1H3,(H,26,31)/t21-,22+/m1/s1. The Balaban J connectivity index is 1.36. The van der Waals surface area contributed by atoms with Crippen molar-refractivity contribution in [1.29, 1.82) is 0 Å². The number of nitrogens with zero attached hydrogens (tertiary/aromatic N) is 2. The highest BCUT2D eigenvalue weighted by molar-refractivity contribution is 5.91. The van der Waals surface area contributed by atoms with Crippen molar-refractivity contribution in [3.63, 3.8) is 0 Å². The zero-order chi connectivity index (χ0) is 22.3. The fourth-order valence-electron chi connectivity index (χ4n) is 5.53. The van der Waals surface area contributed by atoms with E-state index in [0.717, 1.165) is 24.8 Å². The van der Waals surface area contributed by atoms with Crippen LogP contribution in [0, 0.1) is 5.92 Å². The van der Waals surface area contributed by atoms with E-state index in [2.05, 4.69) is 17.4 Å². The Morgan fingerprint density at radius 3 is 2.50 bits per heavy atom. The maximum absolute atomic E-state index is 13.3. The number of hydrogen-bond acceptors (Lipinski definition) is 4. The molecular weight excluding hydrogens is 406 g/mol. The minimum atomic E-state index is -0.451. The number of methoxy groups -OCH3 is 1. The van der Waals surface area contributed by atoms with E-state index in [9.17, 15) is 14.7 Å². The van der Waals surface area contributed by atoms with Crippen molar-refractivity contribution < 1.29 is 19.4 Å². The molecule has 1 aliphatic carbocycles. The second kappa shape index (κ2) is 8.13. The molecule has 0 unspecified atom stereocenters. The summed E-state index contributed by atoms with van der Waals surface area (Å²) in [6.45, 7) is 0.838. The summed E-state index contributed by atoms with van der Waals surface area (Å²) >= 11 is 0. The Morgan fingerprint density at radius 1 is 1.12 bits per heavy atom. The van der Waals surface area contributed by atoms with Crippen LogP contribution in [0.3, 0.4) is 0 Å². The quantitative estimate of drug-likeness (QED) is 0.756. The van der Waals surface area contributed by atoms with Crippen LogP contribution < -0.4 is 10.1 Å². The van der Waals surface area contributed by atoms with Gasteiger partial charge in [0, 0.05) is 36.7 Å². The van der Waals surface area contributed by atoms with E-state index in [1.54, 1.807) is 18.1 Å². The summed E-state index contributed by atoms with van der Waals surface area (Å²) in [6, 6.07) is 16.9. The molecule has 3 amide bonds. The molecule has 1 saturated carbocycles. The Kier molecular flexibility index (Phi) is 5.29. The first-order chi connectivity index (χ1) is 15.6. The Hall–Kier alpha value is -3.06. The van der Waals surface area contributed by atoms with Crippen molar-refractivity contribution in [1.82, 2.24) is 9.80 Å². The first-order valence-electron chi connectivity index (χ1n) is 11.3. The number of carbonyl (C=O) groups excluding carboxylic acids is 2. The van der Waals surface area contributed by atoms with Gasteiger partial charge >= 0.3 is 6.03 Å². The number of aliphatic hydroxyl groups excluding tert-OH is 1. The maximum Gasteiger partial charge on any atom is 0.322 e. The fraction of sp³-hybridized carbons (Fsp3) is 0.440. The van der Waals surface area contributed by atoms with E-state index in [0.29, 0.717) is 24.5 Å². The zero-order valence-electron chi connectivity index (χ0n) is 18.2.